The van der Waals surface area contributed by atoms with Crippen LogP contribution in [0.2, 0.25) is 0 Å². The van der Waals surface area contributed by atoms with Crippen molar-refractivity contribution in [1.82, 2.24) is 0 Å². The van der Waals surface area contributed by atoms with E-state index >= 15 is 0 Å². The van der Waals surface area contributed by atoms with Crippen molar-refractivity contribution < 1.29 is 14.6 Å². The third-order valence-electron chi connectivity index (χ3n) is 2.77. The molecule has 0 radical (unpaired) electrons. The quantitative estimate of drug-likeness (QED) is 0.772. The SMILES string of the molecule is Cc1cc(C)c(COCCCC(=O)O)c(C)c1. The normalized spacial score (nSPS) is 10.5. The summed E-state index contributed by atoms with van der Waals surface area (Å²) in [5.74, 6) is -0.767. The molecule has 1 N–H and O–H groups in total. The fourth-order valence-electron chi connectivity index (χ4n) is 1.94. The van der Waals surface area contributed by atoms with Gasteiger partial charge in [0.05, 0.1) is 6.61 Å². The Kier molecular flexibility index (Phi) is 5.16. The van der Waals surface area contributed by atoms with Gasteiger partial charge in [0.15, 0.2) is 0 Å². The summed E-state index contributed by atoms with van der Waals surface area (Å²) in [6, 6.07) is 4.28. The van der Waals surface area contributed by atoms with Crippen molar-refractivity contribution in [3.8, 4) is 0 Å². The van der Waals surface area contributed by atoms with Crippen LogP contribution in [0, 0.1) is 20.8 Å². The van der Waals surface area contributed by atoms with E-state index in [1.807, 2.05) is 0 Å². The van der Waals surface area contributed by atoms with Gasteiger partial charge >= 0.3 is 5.97 Å². The Morgan fingerprint density at radius 1 is 1.24 bits per heavy atom. The summed E-state index contributed by atoms with van der Waals surface area (Å²) in [4.78, 5) is 10.3. The summed E-state index contributed by atoms with van der Waals surface area (Å²) in [5.41, 5.74) is 4.95. The van der Waals surface area contributed by atoms with Crippen molar-refractivity contribution in [3.05, 3.63) is 34.4 Å². The van der Waals surface area contributed by atoms with Crippen LogP contribution >= 0.6 is 0 Å². The van der Waals surface area contributed by atoms with Crippen LogP contribution in [0.15, 0.2) is 12.1 Å². The van der Waals surface area contributed by atoms with Crippen molar-refractivity contribution in [2.24, 2.45) is 0 Å². The van der Waals surface area contributed by atoms with Gasteiger partial charge in [-0.3, -0.25) is 4.79 Å². The van der Waals surface area contributed by atoms with E-state index in [4.69, 9.17) is 9.84 Å². The van der Waals surface area contributed by atoms with Gasteiger partial charge in [0, 0.05) is 13.0 Å². The van der Waals surface area contributed by atoms with E-state index in [-0.39, 0.29) is 6.42 Å². The van der Waals surface area contributed by atoms with E-state index in [2.05, 4.69) is 32.9 Å². The second-order valence-corrected chi connectivity index (χ2v) is 4.43. The van der Waals surface area contributed by atoms with Crippen LogP contribution in [-0.2, 0) is 16.1 Å². The molecule has 94 valence electrons. The van der Waals surface area contributed by atoms with Gasteiger partial charge < -0.3 is 9.84 Å². The van der Waals surface area contributed by atoms with Gasteiger partial charge in [0.1, 0.15) is 0 Å². The Labute approximate surface area is 102 Å². The number of benzene rings is 1. The predicted octanol–water partition coefficient (Wildman–Crippen LogP) is 2.99. The van der Waals surface area contributed by atoms with Crippen LogP contribution in [0.25, 0.3) is 0 Å². The van der Waals surface area contributed by atoms with Crippen LogP contribution in [0.5, 0.6) is 0 Å². The third kappa shape index (κ3) is 4.57. The summed E-state index contributed by atoms with van der Waals surface area (Å²) in [5, 5.41) is 8.49. The molecule has 1 aromatic carbocycles. The Morgan fingerprint density at radius 3 is 2.35 bits per heavy atom. The molecule has 0 atom stereocenters. The molecule has 0 amide bonds. The van der Waals surface area contributed by atoms with Gasteiger partial charge in [-0.1, -0.05) is 17.7 Å². The first-order chi connectivity index (χ1) is 8.00. The molecule has 0 fully saturated rings. The molecule has 0 unspecified atom stereocenters. The fourth-order valence-corrected chi connectivity index (χ4v) is 1.94. The molecule has 1 aromatic rings. The van der Waals surface area contributed by atoms with Gasteiger partial charge in [0.2, 0.25) is 0 Å². The molecule has 17 heavy (non-hydrogen) atoms. The number of ether oxygens (including phenoxy) is 1. The Morgan fingerprint density at radius 2 is 1.82 bits per heavy atom. The van der Waals surface area contributed by atoms with Gasteiger partial charge in [-0.15, -0.1) is 0 Å². The lowest BCUT2D eigenvalue weighted by atomic mass is 10.0. The number of hydrogen-bond donors (Lipinski definition) is 1. The molecule has 0 saturated carbocycles. The minimum Gasteiger partial charge on any atom is -0.481 e. The van der Waals surface area contributed by atoms with E-state index in [1.54, 1.807) is 0 Å². The van der Waals surface area contributed by atoms with Crippen LogP contribution in [0.3, 0.4) is 0 Å². The molecule has 0 aromatic heterocycles. The summed E-state index contributed by atoms with van der Waals surface area (Å²) in [7, 11) is 0. The Hall–Kier alpha value is -1.35. The van der Waals surface area contributed by atoms with Crippen molar-refractivity contribution >= 4 is 5.97 Å². The molecular weight excluding hydrogens is 216 g/mol. The third-order valence-corrected chi connectivity index (χ3v) is 2.77. The number of rotatable bonds is 6. The second kappa shape index (κ2) is 6.40. The van der Waals surface area contributed by atoms with E-state index in [1.165, 1.54) is 22.3 Å². The standard InChI is InChI=1S/C14H20O3/c1-10-7-11(2)13(12(3)8-10)9-17-6-4-5-14(15)16/h7-8H,4-6,9H2,1-3H3,(H,15,16). The lowest BCUT2D eigenvalue weighted by molar-refractivity contribution is -0.137. The Balaban J connectivity index is 2.44. The number of hydrogen-bond acceptors (Lipinski definition) is 2. The zero-order valence-corrected chi connectivity index (χ0v) is 10.7. The number of carboxylic acids is 1. The lowest BCUT2D eigenvalue weighted by Crippen LogP contribution is -2.03. The number of carbonyl (C=O) groups is 1. The van der Waals surface area contributed by atoms with Crippen molar-refractivity contribution in [1.29, 1.82) is 0 Å². The van der Waals surface area contributed by atoms with E-state index in [0.29, 0.717) is 19.6 Å². The average Bonchev–Trinajstić information content (AvgIpc) is 2.20. The molecule has 0 heterocycles. The molecule has 0 aliphatic heterocycles. The van der Waals surface area contributed by atoms with Gasteiger partial charge in [-0.25, -0.2) is 0 Å². The van der Waals surface area contributed by atoms with Crippen LogP contribution in [-0.4, -0.2) is 17.7 Å². The Bertz CT molecular complexity index is 373. The molecule has 1 rings (SSSR count). The van der Waals surface area contributed by atoms with Crippen LogP contribution in [0.4, 0.5) is 0 Å². The van der Waals surface area contributed by atoms with Crippen LogP contribution in [0.1, 0.15) is 35.1 Å². The largest absolute Gasteiger partial charge is 0.481 e. The minimum atomic E-state index is -0.767. The average molecular weight is 236 g/mol. The first kappa shape index (κ1) is 13.7. The molecule has 3 nitrogen and oxygen atoms in total. The first-order valence-corrected chi connectivity index (χ1v) is 5.87. The number of aryl methyl sites for hydroxylation is 3. The predicted molar refractivity (Wildman–Crippen MR) is 67.2 cm³/mol. The first-order valence-electron chi connectivity index (χ1n) is 5.87. The van der Waals surface area contributed by atoms with Gasteiger partial charge in [0.25, 0.3) is 0 Å². The topological polar surface area (TPSA) is 46.5 Å². The molecule has 0 aliphatic rings. The number of aliphatic carboxylic acids is 1. The maximum Gasteiger partial charge on any atom is 0.303 e. The summed E-state index contributed by atoms with van der Waals surface area (Å²) < 4.78 is 5.51. The van der Waals surface area contributed by atoms with Crippen molar-refractivity contribution in [2.75, 3.05) is 6.61 Å². The molecular formula is C14H20O3. The van der Waals surface area contributed by atoms with E-state index in [0.717, 1.165) is 0 Å². The zero-order valence-electron chi connectivity index (χ0n) is 10.7. The summed E-state index contributed by atoms with van der Waals surface area (Å²) in [6.45, 7) is 7.31. The van der Waals surface area contributed by atoms with Gasteiger partial charge in [-0.2, -0.15) is 0 Å². The van der Waals surface area contributed by atoms with E-state index in [9.17, 15) is 4.79 Å². The molecule has 0 spiro atoms. The van der Waals surface area contributed by atoms with Crippen molar-refractivity contribution in [2.45, 2.75) is 40.2 Å². The van der Waals surface area contributed by atoms with Crippen LogP contribution < -0.4 is 0 Å². The lowest BCUT2D eigenvalue weighted by Gasteiger charge is -2.11. The second-order valence-electron chi connectivity index (χ2n) is 4.43. The highest BCUT2D eigenvalue weighted by Crippen LogP contribution is 2.17. The van der Waals surface area contributed by atoms with Crippen molar-refractivity contribution in [3.63, 3.8) is 0 Å². The maximum atomic E-state index is 10.3. The highest BCUT2D eigenvalue weighted by molar-refractivity contribution is 5.66. The molecule has 0 saturated heterocycles. The summed E-state index contributed by atoms with van der Waals surface area (Å²) >= 11 is 0. The number of carboxylic acid groups (broad SMARTS) is 1. The maximum absolute atomic E-state index is 10.3. The fraction of sp³-hybridized carbons (Fsp3) is 0.500. The highest BCUT2D eigenvalue weighted by Gasteiger charge is 2.04. The monoisotopic (exact) mass is 236 g/mol. The molecule has 3 heteroatoms. The van der Waals surface area contributed by atoms with E-state index < -0.39 is 5.97 Å². The summed E-state index contributed by atoms with van der Waals surface area (Å²) in [6.07, 6.45) is 0.741. The highest BCUT2D eigenvalue weighted by atomic mass is 16.5. The molecule has 0 aliphatic carbocycles. The zero-order chi connectivity index (χ0) is 12.8. The molecule has 0 bridgehead atoms. The minimum absolute atomic E-state index is 0.172. The smallest absolute Gasteiger partial charge is 0.303 e. The van der Waals surface area contributed by atoms with Gasteiger partial charge in [-0.05, 0) is 43.9 Å².